The summed E-state index contributed by atoms with van der Waals surface area (Å²) in [6.45, 7) is 2.57. The summed E-state index contributed by atoms with van der Waals surface area (Å²) in [7, 11) is 0. The zero-order chi connectivity index (χ0) is 16.4. The van der Waals surface area contributed by atoms with Crippen LogP contribution >= 0.6 is 22.9 Å². The van der Waals surface area contributed by atoms with Crippen molar-refractivity contribution in [1.29, 1.82) is 0 Å². The van der Waals surface area contributed by atoms with Crippen LogP contribution in [0.4, 0.5) is 10.8 Å². The zero-order valence-corrected chi connectivity index (χ0v) is 14.1. The van der Waals surface area contributed by atoms with E-state index in [0.717, 1.165) is 17.8 Å². The number of carbonyl (C=O) groups excluding carboxylic acids is 2. The number of anilines is 2. The summed E-state index contributed by atoms with van der Waals surface area (Å²) in [4.78, 5) is 26.2. The van der Waals surface area contributed by atoms with Gasteiger partial charge in [-0.05, 0) is 31.0 Å². The summed E-state index contributed by atoms with van der Waals surface area (Å²) in [6, 6.07) is 4.91. The minimum absolute atomic E-state index is 0.00509. The van der Waals surface area contributed by atoms with Crippen molar-refractivity contribution in [3.05, 3.63) is 33.8 Å². The highest BCUT2D eigenvalue weighted by molar-refractivity contribution is 7.15. The molecule has 1 aliphatic rings. The molecule has 23 heavy (non-hydrogen) atoms. The van der Waals surface area contributed by atoms with Crippen molar-refractivity contribution in [1.82, 2.24) is 10.2 Å². The monoisotopic (exact) mass is 350 g/mol. The first-order valence-corrected chi connectivity index (χ1v) is 8.51. The van der Waals surface area contributed by atoms with Crippen LogP contribution in [-0.2, 0) is 11.2 Å². The molecule has 3 rings (SSSR count). The van der Waals surface area contributed by atoms with Gasteiger partial charge < -0.3 is 4.90 Å². The maximum absolute atomic E-state index is 12.6. The van der Waals surface area contributed by atoms with Gasteiger partial charge in [0.1, 0.15) is 5.01 Å². The Kier molecular flexibility index (Phi) is 4.58. The van der Waals surface area contributed by atoms with Crippen molar-refractivity contribution in [3.63, 3.8) is 0 Å². The van der Waals surface area contributed by atoms with E-state index >= 15 is 0 Å². The average Bonchev–Trinajstić information content (AvgIpc) is 3.15. The molecule has 0 saturated carbocycles. The Morgan fingerprint density at radius 1 is 1.43 bits per heavy atom. The van der Waals surface area contributed by atoms with Crippen molar-refractivity contribution >= 4 is 45.6 Å². The van der Waals surface area contributed by atoms with Crippen LogP contribution < -0.4 is 10.2 Å². The summed E-state index contributed by atoms with van der Waals surface area (Å²) < 4.78 is 0. The van der Waals surface area contributed by atoms with E-state index in [4.69, 9.17) is 11.6 Å². The maximum Gasteiger partial charge on any atom is 0.259 e. The fraction of sp³-hybridized carbons (Fsp3) is 0.333. The van der Waals surface area contributed by atoms with Crippen LogP contribution in [0.1, 0.15) is 35.1 Å². The molecule has 1 fully saturated rings. The Labute approximate surface area is 142 Å². The van der Waals surface area contributed by atoms with Gasteiger partial charge in [0.05, 0.1) is 11.3 Å². The van der Waals surface area contributed by atoms with E-state index in [9.17, 15) is 9.59 Å². The van der Waals surface area contributed by atoms with Gasteiger partial charge in [0.25, 0.3) is 5.91 Å². The molecule has 2 aromatic rings. The number of halogens is 1. The zero-order valence-electron chi connectivity index (χ0n) is 12.5. The number of nitrogens with zero attached hydrogens (tertiary/aromatic N) is 3. The molecule has 6 nitrogen and oxygen atoms in total. The Morgan fingerprint density at radius 2 is 2.26 bits per heavy atom. The molecule has 0 aliphatic carbocycles. The van der Waals surface area contributed by atoms with Gasteiger partial charge in [-0.2, -0.15) is 0 Å². The number of aromatic nitrogens is 2. The highest BCUT2D eigenvalue weighted by atomic mass is 35.5. The Bertz CT molecular complexity index is 762. The number of nitrogens with one attached hydrogen (secondary N) is 1. The number of carbonyl (C=O) groups is 2. The third kappa shape index (κ3) is 3.35. The molecule has 1 saturated heterocycles. The predicted octanol–water partition coefficient (Wildman–Crippen LogP) is 3.13. The Balaban J connectivity index is 1.89. The topological polar surface area (TPSA) is 75.2 Å². The normalized spacial score (nSPS) is 14.3. The first-order chi connectivity index (χ1) is 11.1. The summed E-state index contributed by atoms with van der Waals surface area (Å²) in [6.07, 6.45) is 2.04. The summed E-state index contributed by atoms with van der Waals surface area (Å²) in [5.41, 5.74) is 0.940. The highest BCUT2D eigenvalue weighted by Gasteiger charge is 2.26. The van der Waals surface area contributed by atoms with E-state index in [2.05, 4.69) is 15.5 Å². The van der Waals surface area contributed by atoms with E-state index in [-0.39, 0.29) is 11.8 Å². The predicted molar refractivity (Wildman–Crippen MR) is 90.3 cm³/mol. The molecule has 120 valence electrons. The second kappa shape index (κ2) is 6.64. The van der Waals surface area contributed by atoms with Crippen LogP contribution in [0.2, 0.25) is 5.02 Å². The molecule has 0 unspecified atom stereocenters. The fourth-order valence-electron chi connectivity index (χ4n) is 2.43. The molecular weight excluding hydrogens is 336 g/mol. The molecule has 0 atom stereocenters. The van der Waals surface area contributed by atoms with Crippen LogP contribution in [0.15, 0.2) is 18.2 Å². The van der Waals surface area contributed by atoms with Crippen LogP contribution in [0.25, 0.3) is 0 Å². The second-order valence-electron chi connectivity index (χ2n) is 5.12. The summed E-state index contributed by atoms with van der Waals surface area (Å²) in [5, 5.41) is 12.4. The molecule has 2 heterocycles. The third-order valence-corrected chi connectivity index (χ3v) is 4.78. The van der Waals surface area contributed by atoms with Crippen molar-refractivity contribution in [3.8, 4) is 0 Å². The van der Waals surface area contributed by atoms with E-state index in [1.807, 2.05) is 6.92 Å². The number of hydrogen-bond acceptors (Lipinski definition) is 5. The Hall–Kier alpha value is -1.99. The largest absolute Gasteiger partial charge is 0.312 e. The van der Waals surface area contributed by atoms with Crippen molar-refractivity contribution in [2.45, 2.75) is 26.2 Å². The number of aryl methyl sites for hydroxylation is 1. The maximum atomic E-state index is 12.6. The van der Waals surface area contributed by atoms with Gasteiger partial charge in [0.2, 0.25) is 11.0 Å². The van der Waals surface area contributed by atoms with Crippen LogP contribution in [-0.4, -0.2) is 28.6 Å². The second-order valence-corrected chi connectivity index (χ2v) is 6.62. The van der Waals surface area contributed by atoms with Crippen LogP contribution in [0, 0.1) is 0 Å². The lowest BCUT2D eigenvalue weighted by atomic mass is 10.1. The standard InChI is InChI=1S/C15H15ClN4O2S/c1-2-12-18-19-15(23-12)17-14(22)10-6-5-9(16)8-11(10)20-7-3-4-13(20)21/h5-6,8H,2-4,7H2,1H3,(H,17,19,22). The van der Waals surface area contributed by atoms with Crippen molar-refractivity contribution in [2.24, 2.45) is 0 Å². The van der Waals surface area contributed by atoms with Crippen LogP contribution in [0.5, 0.6) is 0 Å². The first kappa shape index (κ1) is 15.9. The van der Waals surface area contributed by atoms with Crippen molar-refractivity contribution in [2.75, 3.05) is 16.8 Å². The number of hydrogen-bond donors (Lipinski definition) is 1. The van der Waals surface area contributed by atoms with Gasteiger partial charge in [-0.3, -0.25) is 14.9 Å². The molecule has 0 spiro atoms. The third-order valence-electron chi connectivity index (χ3n) is 3.56. The molecule has 0 radical (unpaired) electrons. The van der Waals surface area contributed by atoms with Crippen molar-refractivity contribution < 1.29 is 9.59 Å². The smallest absolute Gasteiger partial charge is 0.259 e. The van der Waals surface area contributed by atoms with E-state index in [1.54, 1.807) is 23.1 Å². The molecule has 0 bridgehead atoms. The summed E-state index contributed by atoms with van der Waals surface area (Å²) >= 11 is 7.38. The molecule has 8 heteroatoms. The lowest BCUT2D eigenvalue weighted by Crippen LogP contribution is -2.27. The lowest BCUT2D eigenvalue weighted by molar-refractivity contribution is -0.117. The van der Waals surface area contributed by atoms with Crippen LogP contribution in [0.3, 0.4) is 0 Å². The molecule has 1 N–H and O–H groups in total. The van der Waals surface area contributed by atoms with Gasteiger partial charge in [-0.15, -0.1) is 10.2 Å². The van der Waals surface area contributed by atoms with E-state index in [1.165, 1.54) is 11.3 Å². The lowest BCUT2D eigenvalue weighted by Gasteiger charge is -2.19. The first-order valence-electron chi connectivity index (χ1n) is 7.32. The fourth-order valence-corrected chi connectivity index (χ4v) is 3.28. The molecule has 1 aromatic carbocycles. The van der Waals surface area contributed by atoms with E-state index < -0.39 is 0 Å². The van der Waals surface area contributed by atoms with Gasteiger partial charge >= 0.3 is 0 Å². The SMILES string of the molecule is CCc1nnc(NC(=O)c2ccc(Cl)cc2N2CCCC2=O)s1. The van der Waals surface area contributed by atoms with Gasteiger partial charge in [-0.1, -0.05) is 29.9 Å². The highest BCUT2D eigenvalue weighted by Crippen LogP contribution is 2.29. The number of benzene rings is 1. The van der Waals surface area contributed by atoms with E-state index in [0.29, 0.717) is 34.4 Å². The average molecular weight is 351 g/mol. The Morgan fingerprint density at radius 3 is 2.91 bits per heavy atom. The summed E-state index contributed by atoms with van der Waals surface area (Å²) in [5.74, 6) is -0.319. The minimum Gasteiger partial charge on any atom is -0.312 e. The molecular formula is C15H15ClN4O2S. The molecule has 1 aromatic heterocycles. The number of amides is 2. The molecule has 2 amide bonds. The molecule has 1 aliphatic heterocycles. The van der Waals surface area contributed by atoms with Gasteiger partial charge in [0, 0.05) is 18.0 Å². The minimum atomic E-state index is -0.324. The number of rotatable bonds is 4. The van der Waals surface area contributed by atoms with Gasteiger partial charge in [0.15, 0.2) is 0 Å². The van der Waals surface area contributed by atoms with Gasteiger partial charge in [-0.25, -0.2) is 0 Å². The quantitative estimate of drug-likeness (QED) is 0.919.